The van der Waals surface area contributed by atoms with Crippen LogP contribution in [-0.4, -0.2) is 35.8 Å². The highest BCUT2D eigenvalue weighted by molar-refractivity contribution is 7.99. The van der Waals surface area contributed by atoms with E-state index in [0.29, 0.717) is 24.3 Å². The molecule has 1 aliphatic rings. The number of phenolic OH excluding ortho intramolecular Hbond substituents is 1. The van der Waals surface area contributed by atoms with Crippen LogP contribution >= 0.6 is 23.5 Å². The Morgan fingerprint density at radius 1 is 1.28 bits per heavy atom. The molecule has 1 aliphatic heterocycles. The van der Waals surface area contributed by atoms with Gasteiger partial charge in [0.15, 0.2) is 0 Å². The third kappa shape index (κ3) is 5.09. The van der Waals surface area contributed by atoms with Crippen molar-refractivity contribution in [2.75, 3.05) is 24.7 Å². The molecule has 25 heavy (non-hydrogen) atoms. The summed E-state index contributed by atoms with van der Waals surface area (Å²) < 4.78 is 5.93. The second-order valence-corrected chi connectivity index (χ2v) is 8.64. The first kappa shape index (κ1) is 18.5. The number of phenols is 1. The maximum absolute atomic E-state index is 10.1. The molecule has 3 rings (SSSR count). The zero-order valence-electron chi connectivity index (χ0n) is 14.7. The van der Waals surface area contributed by atoms with Gasteiger partial charge in [0.25, 0.3) is 0 Å². The van der Waals surface area contributed by atoms with Gasteiger partial charge in [0.2, 0.25) is 0 Å². The van der Waals surface area contributed by atoms with Gasteiger partial charge < -0.3 is 15.2 Å². The summed E-state index contributed by atoms with van der Waals surface area (Å²) in [5.74, 6) is 3.93. The minimum atomic E-state index is 0.359. The molecule has 0 saturated carbocycles. The van der Waals surface area contributed by atoms with Crippen LogP contribution in [-0.2, 0) is 0 Å². The molecule has 2 unspecified atom stereocenters. The van der Waals surface area contributed by atoms with E-state index in [1.165, 1.54) is 4.90 Å². The molecule has 2 aromatic rings. The van der Waals surface area contributed by atoms with Gasteiger partial charge in [-0.05, 0) is 43.1 Å². The molecule has 0 aromatic heterocycles. The van der Waals surface area contributed by atoms with Crippen molar-refractivity contribution in [1.29, 1.82) is 0 Å². The molecule has 1 heterocycles. The number of nitrogens with one attached hydrogen (secondary N) is 1. The Balaban J connectivity index is 1.43. The summed E-state index contributed by atoms with van der Waals surface area (Å²) in [6.45, 7) is 5.84. The highest BCUT2D eigenvalue weighted by atomic mass is 32.2. The maximum Gasteiger partial charge on any atom is 0.132 e. The predicted octanol–water partition coefficient (Wildman–Crippen LogP) is 4.57. The van der Waals surface area contributed by atoms with E-state index >= 15 is 0 Å². The third-order valence-electron chi connectivity index (χ3n) is 4.21. The molecular weight excluding hydrogens is 350 g/mol. The Labute approximate surface area is 158 Å². The minimum absolute atomic E-state index is 0.359. The summed E-state index contributed by atoms with van der Waals surface area (Å²) in [5, 5.41) is 13.7. The first-order valence-electron chi connectivity index (χ1n) is 8.63. The molecule has 2 atom stereocenters. The molecule has 0 amide bonds. The Bertz CT molecular complexity index is 681. The van der Waals surface area contributed by atoms with E-state index < -0.39 is 0 Å². The summed E-state index contributed by atoms with van der Waals surface area (Å²) >= 11 is 3.58. The second-order valence-electron chi connectivity index (χ2n) is 6.51. The minimum Gasteiger partial charge on any atom is -0.507 e. The average Bonchev–Trinajstić information content (AvgIpc) is 2.84. The van der Waals surface area contributed by atoms with Gasteiger partial charge in [-0.2, -0.15) is 0 Å². The number of hydrogen-bond donors (Lipinski definition) is 2. The summed E-state index contributed by atoms with van der Waals surface area (Å²) in [7, 11) is 0. The molecule has 3 nitrogen and oxygen atoms in total. The van der Waals surface area contributed by atoms with Gasteiger partial charge in [-0.15, -0.1) is 23.5 Å². The van der Waals surface area contributed by atoms with Gasteiger partial charge in [0.1, 0.15) is 18.1 Å². The molecule has 0 radical (unpaired) electrons. The van der Waals surface area contributed by atoms with Crippen molar-refractivity contribution in [3.63, 3.8) is 0 Å². The Hall–Kier alpha value is -1.30. The van der Waals surface area contributed by atoms with Gasteiger partial charge >= 0.3 is 0 Å². The van der Waals surface area contributed by atoms with Crippen LogP contribution in [0.3, 0.4) is 0 Å². The Morgan fingerprint density at radius 2 is 2.12 bits per heavy atom. The van der Waals surface area contributed by atoms with E-state index in [-0.39, 0.29) is 0 Å². The zero-order chi connectivity index (χ0) is 17.6. The number of thioether (sulfide) groups is 2. The zero-order valence-corrected chi connectivity index (χ0v) is 16.3. The van der Waals surface area contributed by atoms with Crippen molar-refractivity contribution in [1.82, 2.24) is 5.32 Å². The summed E-state index contributed by atoms with van der Waals surface area (Å²) in [4.78, 5) is 2.20. The van der Waals surface area contributed by atoms with Gasteiger partial charge in [-0.3, -0.25) is 0 Å². The lowest BCUT2D eigenvalue weighted by Gasteiger charge is -2.19. The first-order chi connectivity index (χ1) is 12.1. The first-order valence-corrected chi connectivity index (χ1v) is 10.6. The molecule has 0 aliphatic carbocycles. The van der Waals surface area contributed by atoms with Crippen LogP contribution in [0.2, 0.25) is 0 Å². The number of benzene rings is 2. The SMILES string of the molecule is Cc1cccc(SCC(C)CNC2COc3ccccc3SC2)c1O. The van der Waals surface area contributed by atoms with Crippen LogP contribution in [0.5, 0.6) is 11.5 Å². The molecule has 2 aromatic carbocycles. The second kappa shape index (κ2) is 8.88. The fourth-order valence-electron chi connectivity index (χ4n) is 2.64. The maximum atomic E-state index is 10.1. The van der Waals surface area contributed by atoms with E-state index in [9.17, 15) is 5.11 Å². The lowest BCUT2D eigenvalue weighted by molar-refractivity contribution is 0.270. The summed E-state index contributed by atoms with van der Waals surface area (Å²) in [6, 6.07) is 14.5. The van der Waals surface area contributed by atoms with E-state index in [1.54, 1.807) is 11.8 Å². The van der Waals surface area contributed by atoms with Gasteiger partial charge in [0.05, 0.1) is 6.04 Å². The lowest BCUT2D eigenvalue weighted by Crippen LogP contribution is -2.39. The van der Waals surface area contributed by atoms with Crippen molar-refractivity contribution in [2.24, 2.45) is 5.92 Å². The normalized spacial score (nSPS) is 18.1. The number of aromatic hydroxyl groups is 1. The van der Waals surface area contributed by atoms with Crippen LogP contribution in [0.4, 0.5) is 0 Å². The van der Waals surface area contributed by atoms with Crippen molar-refractivity contribution in [2.45, 2.75) is 29.7 Å². The van der Waals surface area contributed by atoms with E-state index in [1.807, 2.05) is 49.0 Å². The molecular formula is C20H25NO2S2. The molecule has 0 spiro atoms. The van der Waals surface area contributed by atoms with Crippen LogP contribution in [0.25, 0.3) is 0 Å². The van der Waals surface area contributed by atoms with Crippen LogP contribution in [0, 0.1) is 12.8 Å². The molecule has 0 fully saturated rings. The molecule has 2 N–H and O–H groups in total. The van der Waals surface area contributed by atoms with Gasteiger partial charge in [0, 0.05) is 21.3 Å². The van der Waals surface area contributed by atoms with E-state index in [4.69, 9.17) is 4.74 Å². The smallest absolute Gasteiger partial charge is 0.132 e. The van der Waals surface area contributed by atoms with E-state index in [0.717, 1.165) is 34.3 Å². The molecule has 5 heteroatoms. The molecule has 134 valence electrons. The number of para-hydroxylation sites is 2. The number of rotatable bonds is 6. The fourth-order valence-corrected chi connectivity index (χ4v) is 4.74. The largest absolute Gasteiger partial charge is 0.507 e. The lowest BCUT2D eigenvalue weighted by atomic mass is 10.2. The average molecular weight is 376 g/mol. The van der Waals surface area contributed by atoms with Crippen molar-refractivity contribution in [3.8, 4) is 11.5 Å². The summed E-state index contributed by atoms with van der Waals surface area (Å²) in [5.41, 5.74) is 0.933. The van der Waals surface area contributed by atoms with Gasteiger partial charge in [-0.1, -0.05) is 31.2 Å². The van der Waals surface area contributed by atoms with Crippen LogP contribution in [0.1, 0.15) is 12.5 Å². The predicted molar refractivity (Wildman–Crippen MR) is 107 cm³/mol. The number of hydrogen-bond acceptors (Lipinski definition) is 5. The van der Waals surface area contributed by atoms with Crippen molar-refractivity contribution >= 4 is 23.5 Å². The Morgan fingerprint density at radius 3 is 3.00 bits per heavy atom. The van der Waals surface area contributed by atoms with Crippen LogP contribution < -0.4 is 10.1 Å². The highest BCUT2D eigenvalue weighted by Crippen LogP contribution is 2.33. The van der Waals surface area contributed by atoms with Gasteiger partial charge in [-0.25, -0.2) is 0 Å². The van der Waals surface area contributed by atoms with Crippen molar-refractivity contribution < 1.29 is 9.84 Å². The monoisotopic (exact) mass is 375 g/mol. The Kier molecular flexibility index (Phi) is 6.57. The topological polar surface area (TPSA) is 41.5 Å². The third-order valence-corrected chi connectivity index (χ3v) is 6.80. The van der Waals surface area contributed by atoms with E-state index in [2.05, 4.69) is 24.4 Å². The molecule has 0 saturated heterocycles. The summed E-state index contributed by atoms with van der Waals surface area (Å²) in [6.07, 6.45) is 0. The molecule has 0 bridgehead atoms. The van der Waals surface area contributed by atoms with Crippen molar-refractivity contribution in [3.05, 3.63) is 48.0 Å². The number of fused-ring (bicyclic) bond motifs is 1. The fraction of sp³-hybridized carbons (Fsp3) is 0.400. The quantitative estimate of drug-likeness (QED) is 0.724. The van der Waals surface area contributed by atoms with Crippen LogP contribution in [0.15, 0.2) is 52.3 Å². The highest BCUT2D eigenvalue weighted by Gasteiger charge is 2.18. The standard InChI is InChI=1S/C20H25NO2S2/c1-14(12-24-19-9-5-6-15(2)20(19)22)10-21-16-11-23-17-7-3-4-8-18(17)25-13-16/h3-9,14,16,21-22H,10-13H2,1-2H3. The number of ether oxygens (including phenoxy) is 1. The number of aryl methyl sites for hydroxylation is 1.